The minimum atomic E-state index is -0.173. The van der Waals surface area contributed by atoms with Crippen molar-refractivity contribution in [3.8, 4) is 11.5 Å². The molecule has 31 heavy (non-hydrogen) atoms. The van der Waals surface area contributed by atoms with Gasteiger partial charge in [-0.05, 0) is 73.6 Å². The lowest BCUT2D eigenvalue weighted by molar-refractivity contribution is -0.113. The fourth-order valence-corrected chi connectivity index (χ4v) is 4.07. The Balaban J connectivity index is 1.75. The van der Waals surface area contributed by atoms with Crippen molar-refractivity contribution in [2.45, 2.75) is 13.8 Å². The summed E-state index contributed by atoms with van der Waals surface area (Å²) < 4.78 is 5.46. The number of hydrogen-bond donors (Lipinski definition) is 1. The first-order chi connectivity index (χ1) is 15.0. The molecule has 156 valence electrons. The van der Waals surface area contributed by atoms with Crippen LogP contribution in [0.1, 0.15) is 18.2 Å². The van der Waals surface area contributed by atoms with Gasteiger partial charge in [-0.3, -0.25) is 9.69 Å². The molecule has 0 radical (unpaired) electrons. The van der Waals surface area contributed by atoms with Crippen LogP contribution in [0, 0.1) is 6.92 Å². The lowest BCUT2D eigenvalue weighted by atomic mass is 10.2. The van der Waals surface area contributed by atoms with Crippen molar-refractivity contribution < 1.29 is 14.6 Å². The highest BCUT2D eigenvalue weighted by atomic mass is 32.2. The maximum atomic E-state index is 13.3. The number of aliphatic imine (C=N–C) groups is 1. The van der Waals surface area contributed by atoms with E-state index in [1.807, 2.05) is 62.4 Å². The van der Waals surface area contributed by atoms with Crippen molar-refractivity contribution in [2.75, 3.05) is 11.5 Å². The fraction of sp³-hybridized carbons (Fsp3) is 0.125. The summed E-state index contributed by atoms with van der Waals surface area (Å²) in [4.78, 5) is 24.5. The third-order valence-corrected chi connectivity index (χ3v) is 5.45. The predicted octanol–water partition coefficient (Wildman–Crippen LogP) is 5.30. The van der Waals surface area contributed by atoms with Crippen molar-refractivity contribution >= 4 is 40.4 Å². The van der Waals surface area contributed by atoms with Crippen LogP contribution in [-0.4, -0.2) is 27.8 Å². The second-order valence-electron chi connectivity index (χ2n) is 6.78. The van der Waals surface area contributed by atoms with Crippen LogP contribution in [0.5, 0.6) is 11.5 Å². The maximum Gasteiger partial charge on any atom is 0.271 e. The molecular weight excluding hydrogens is 410 g/mol. The van der Waals surface area contributed by atoms with Gasteiger partial charge in [-0.15, -0.1) is 0 Å². The first kappa shape index (κ1) is 20.7. The lowest BCUT2D eigenvalue weighted by Gasteiger charge is -2.15. The molecule has 6 nitrogen and oxygen atoms in total. The molecule has 1 aliphatic rings. The van der Waals surface area contributed by atoms with E-state index in [9.17, 15) is 9.90 Å². The van der Waals surface area contributed by atoms with Crippen molar-refractivity contribution in [1.29, 1.82) is 0 Å². The minimum absolute atomic E-state index is 0.0630. The van der Waals surface area contributed by atoms with E-state index in [0.29, 0.717) is 28.2 Å². The molecule has 2 aromatic carbocycles. The third-order valence-electron chi connectivity index (χ3n) is 4.49. The molecular formula is C24H21N3O3S. The zero-order valence-corrected chi connectivity index (χ0v) is 18.0. The number of aryl methyl sites for hydroxylation is 1. The molecule has 4 rings (SSSR count). The third kappa shape index (κ3) is 4.62. The summed E-state index contributed by atoms with van der Waals surface area (Å²) in [5.41, 5.74) is 2.33. The van der Waals surface area contributed by atoms with Crippen molar-refractivity contribution in [2.24, 2.45) is 4.99 Å². The Bertz CT molecular complexity index is 1180. The van der Waals surface area contributed by atoms with Gasteiger partial charge in [0.1, 0.15) is 0 Å². The van der Waals surface area contributed by atoms with Crippen LogP contribution in [0.2, 0.25) is 0 Å². The fourth-order valence-electron chi connectivity index (χ4n) is 3.09. The summed E-state index contributed by atoms with van der Waals surface area (Å²) in [6, 6.07) is 20.0. The number of phenolic OH excluding ortho intramolecular Hbond substituents is 1. The molecule has 0 spiro atoms. The molecule has 0 atom stereocenters. The largest absolute Gasteiger partial charge is 0.504 e. The number of rotatable bonds is 5. The molecule has 3 aromatic rings. The number of anilines is 1. The summed E-state index contributed by atoms with van der Waals surface area (Å²) in [7, 11) is 0. The highest BCUT2D eigenvalue weighted by molar-refractivity contribution is 8.19. The zero-order valence-electron chi connectivity index (χ0n) is 17.1. The number of carbonyl (C=O) groups excluding carboxylic acids is 1. The van der Waals surface area contributed by atoms with Crippen LogP contribution >= 0.6 is 11.8 Å². The van der Waals surface area contributed by atoms with E-state index in [2.05, 4.69) is 9.98 Å². The van der Waals surface area contributed by atoms with E-state index >= 15 is 0 Å². The van der Waals surface area contributed by atoms with Gasteiger partial charge in [-0.2, -0.15) is 0 Å². The van der Waals surface area contributed by atoms with Gasteiger partial charge in [-0.1, -0.05) is 30.3 Å². The van der Waals surface area contributed by atoms with E-state index in [1.165, 1.54) is 11.8 Å². The molecule has 0 bridgehead atoms. The van der Waals surface area contributed by atoms with E-state index in [0.717, 1.165) is 16.9 Å². The summed E-state index contributed by atoms with van der Waals surface area (Å²) in [6.07, 6.45) is 1.77. The highest BCUT2D eigenvalue weighted by Gasteiger charge is 2.34. The molecule has 0 saturated carbocycles. The number of pyridine rings is 1. The lowest BCUT2D eigenvalue weighted by Crippen LogP contribution is -2.28. The van der Waals surface area contributed by atoms with Crippen LogP contribution in [0.15, 0.2) is 76.6 Å². The number of ether oxygens (including phenoxy) is 1. The van der Waals surface area contributed by atoms with Crippen molar-refractivity contribution in [3.05, 3.63) is 82.9 Å². The van der Waals surface area contributed by atoms with Crippen molar-refractivity contribution in [1.82, 2.24) is 4.98 Å². The van der Waals surface area contributed by atoms with E-state index in [4.69, 9.17) is 4.74 Å². The second-order valence-corrected chi connectivity index (χ2v) is 7.79. The quantitative estimate of drug-likeness (QED) is 0.555. The number of amides is 1. The number of para-hydroxylation sites is 1. The number of phenols is 1. The summed E-state index contributed by atoms with van der Waals surface area (Å²) in [6.45, 7) is 4.18. The van der Waals surface area contributed by atoms with Crippen LogP contribution in [0.3, 0.4) is 0 Å². The topological polar surface area (TPSA) is 75.0 Å². The van der Waals surface area contributed by atoms with Crippen LogP contribution < -0.4 is 9.64 Å². The molecule has 1 aliphatic heterocycles. The summed E-state index contributed by atoms with van der Waals surface area (Å²) in [5.74, 6) is 0.813. The monoisotopic (exact) mass is 431 g/mol. The van der Waals surface area contributed by atoms with Crippen LogP contribution in [0.25, 0.3) is 6.08 Å². The van der Waals surface area contributed by atoms with Gasteiger partial charge in [0.25, 0.3) is 5.91 Å². The number of amidine groups is 1. The number of benzene rings is 2. The molecule has 1 aromatic heterocycles. The Labute approximate surface area is 184 Å². The Kier molecular flexibility index (Phi) is 6.04. The maximum absolute atomic E-state index is 13.3. The molecule has 1 N–H and O–H groups in total. The highest BCUT2D eigenvalue weighted by Crippen LogP contribution is 2.38. The van der Waals surface area contributed by atoms with Crippen LogP contribution in [0.4, 0.5) is 11.5 Å². The standard InChI is InChI=1S/C24H21N3O3S/c1-3-30-20-14-17(12-13-19(20)28)15-21-23(29)27(18-9-5-4-6-10-18)24(31-21)26-22-11-7-8-16(2)25-22/h4-15,28H,3H2,1-2H3/b21-15-,26-24+. The Hall–Kier alpha value is -3.58. The molecule has 1 fully saturated rings. The average Bonchev–Trinajstić information content (AvgIpc) is 3.06. The molecule has 7 heteroatoms. The van der Waals surface area contributed by atoms with E-state index in [-0.39, 0.29) is 11.7 Å². The van der Waals surface area contributed by atoms with Gasteiger partial charge in [0.2, 0.25) is 0 Å². The first-order valence-electron chi connectivity index (χ1n) is 9.82. The smallest absolute Gasteiger partial charge is 0.271 e. The SMILES string of the molecule is CCOc1cc(/C=C2\S/C(=N/c3cccc(C)n3)N(c3ccccc3)C2=O)ccc1O. The Morgan fingerprint density at radius 1 is 1.13 bits per heavy atom. The normalized spacial score (nSPS) is 16.3. The number of carbonyl (C=O) groups is 1. The molecule has 0 aliphatic carbocycles. The molecule has 2 heterocycles. The zero-order chi connectivity index (χ0) is 21.8. The van der Waals surface area contributed by atoms with E-state index < -0.39 is 0 Å². The Morgan fingerprint density at radius 3 is 2.68 bits per heavy atom. The van der Waals surface area contributed by atoms with Gasteiger partial charge < -0.3 is 9.84 Å². The number of aromatic nitrogens is 1. The number of aromatic hydroxyl groups is 1. The number of hydrogen-bond acceptors (Lipinski definition) is 6. The van der Waals surface area contributed by atoms with Gasteiger partial charge in [0.15, 0.2) is 22.5 Å². The van der Waals surface area contributed by atoms with Gasteiger partial charge >= 0.3 is 0 Å². The summed E-state index contributed by atoms with van der Waals surface area (Å²) in [5, 5.41) is 10.5. The molecule has 1 saturated heterocycles. The summed E-state index contributed by atoms with van der Waals surface area (Å²) >= 11 is 1.28. The molecule has 1 amide bonds. The predicted molar refractivity (Wildman–Crippen MR) is 125 cm³/mol. The van der Waals surface area contributed by atoms with E-state index in [1.54, 1.807) is 29.2 Å². The van der Waals surface area contributed by atoms with Gasteiger partial charge in [-0.25, -0.2) is 9.98 Å². The Morgan fingerprint density at radius 2 is 1.94 bits per heavy atom. The van der Waals surface area contributed by atoms with Crippen molar-refractivity contribution in [3.63, 3.8) is 0 Å². The minimum Gasteiger partial charge on any atom is -0.504 e. The molecule has 0 unspecified atom stereocenters. The van der Waals surface area contributed by atoms with Crippen LogP contribution in [-0.2, 0) is 4.79 Å². The average molecular weight is 432 g/mol. The first-order valence-corrected chi connectivity index (χ1v) is 10.6. The number of thioether (sulfide) groups is 1. The van der Waals surface area contributed by atoms with Gasteiger partial charge in [0, 0.05) is 5.69 Å². The number of nitrogens with zero attached hydrogens (tertiary/aromatic N) is 3. The van der Waals surface area contributed by atoms with Gasteiger partial charge in [0.05, 0.1) is 17.2 Å². The second kappa shape index (κ2) is 9.06.